The molecule has 0 atom stereocenters. The van der Waals surface area contributed by atoms with Crippen molar-refractivity contribution in [3.63, 3.8) is 0 Å². The Balaban J connectivity index is 1.47. The number of fused-ring (bicyclic) bond motifs is 3. The maximum Gasteiger partial charge on any atom is 0.264 e. The van der Waals surface area contributed by atoms with E-state index < -0.39 is 0 Å². The molecule has 3 heterocycles. The number of para-hydroxylation sites is 1. The fraction of sp³-hybridized carbons (Fsp3) is 0.211. The van der Waals surface area contributed by atoms with Crippen molar-refractivity contribution in [2.24, 2.45) is 0 Å². The third-order valence-corrected chi connectivity index (χ3v) is 6.11. The molecule has 0 aliphatic rings. The molecular formula is C19H18N4O2S2. The van der Waals surface area contributed by atoms with E-state index >= 15 is 0 Å². The molecule has 0 saturated heterocycles. The standard InChI is InChI=1S/C19H18N4O2S2/c1-3-12-6-4-5-7-13(12)20-16(24)11-22(2)18(25)15-10-14-17(27-15)21-19-23(14)8-9-26-19/h4-10H,3,11H2,1-2H3,(H,20,24). The zero-order valence-corrected chi connectivity index (χ0v) is 16.6. The molecule has 27 heavy (non-hydrogen) atoms. The molecule has 0 aliphatic carbocycles. The summed E-state index contributed by atoms with van der Waals surface area (Å²) < 4.78 is 1.97. The third kappa shape index (κ3) is 3.33. The van der Waals surface area contributed by atoms with E-state index in [-0.39, 0.29) is 18.4 Å². The van der Waals surface area contributed by atoms with E-state index in [9.17, 15) is 9.59 Å². The number of thiophene rings is 1. The molecule has 0 fully saturated rings. The van der Waals surface area contributed by atoms with Crippen LogP contribution in [0.4, 0.5) is 5.69 Å². The Morgan fingerprint density at radius 3 is 2.93 bits per heavy atom. The largest absolute Gasteiger partial charge is 0.332 e. The maximum atomic E-state index is 12.7. The van der Waals surface area contributed by atoms with E-state index in [2.05, 4.69) is 10.3 Å². The van der Waals surface area contributed by atoms with Gasteiger partial charge in [0.05, 0.1) is 16.9 Å². The molecule has 138 valence electrons. The van der Waals surface area contributed by atoms with Gasteiger partial charge in [-0.25, -0.2) is 4.98 Å². The number of aryl methyl sites for hydroxylation is 1. The summed E-state index contributed by atoms with van der Waals surface area (Å²) in [6.07, 6.45) is 2.77. The van der Waals surface area contributed by atoms with Crippen LogP contribution in [0.25, 0.3) is 15.3 Å². The lowest BCUT2D eigenvalue weighted by atomic mass is 10.1. The molecule has 3 aromatic heterocycles. The number of hydrogen-bond acceptors (Lipinski definition) is 5. The van der Waals surface area contributed by atoms with Crippen LogP contribution in [0.3, 0.4) is 0 Å². The molecule has 8 heteroatoms. The van der Waals surface area contributed by atoms with Gasteiger partial charge in [-0.05, 0) is 24.1 Å². The van der Waals surface area contributed by atoms with Crippen LogP contribution >= 0.6 is 22.7 Å². The predicted molar refractivity (Wildman–Crippen MR) is 110 cm³/mol. The number of carbonyl (C=O) groups excluding carboxylic acids is 2. The first-order valence-corrected chi connectivity index (χ1v) is 10.2. The molecule has 0 spiro atoms. The van der Waals surface area contributed by atoms with Crippen molar-refractivity contribution in [1.82, 2.24) is 14.3 Å². The number of imidazole rings is 1. The van der Waals surface area contributed by atoms with Gasteiger partial charge in [0.2, 0.25) is 5.91 Å². The Morgan fingerprint density at radius 1 is 1.30 bits per heavy atom. The van der Waals surface area contributed by atoms with Crippen LogP contribution in [-0.4, -0.2) is 39.7 Å². The normalized spacial score (nSPS) is 11.2. The van der Waals surface area contributed by atoms with E-state index in [0.29, 0.717) is 4.88 Å². The molecule has 0 aliphatic heterocycles. The molecule has 4 rings (SSSR count). The molecule has 0 unspecified atom stereocenters. The number of anilines is 1. The van der Waals surface area contributed by atoms with Gasteiger partial charge in [0.1, 0.15) is 4.83 Å². The summed E-state index contributed by atoms with van der Waals surface area (Å²) in [6.45, 7) is 2.03. The van der Waals surface area contributed by atoms with E-state index in [1.54, 1.807) is 18.4 Å². The maximum absolute atomic E-state index is 12.7. The second-order valence-electron chi connectivity index (χ2n) is 6.19. The van der Waals surface area contributed by atoms with Gasteiger partial charge in [0, 0.05) is 24.3 Å². The number of amides is 2. The molecule has 1 N–H and O–H groups in total. The van der Waals surface area contributed by atoms with E-state index in [4.69, 9.17) is 0 Å². The number of hydrogen-bond donors (Lipinski definition) is 1. The first-order chi connectivity index (χ1) is 13.1. The lowest BCUT2D eigenvalue weighted by Gasteiger charge is -2.16. The van der Waals surface area contributed by atoms with Crippen molar-refractivity contribution in [3.05, 3.63) is 52.3 Å². The topological polar surface area (TPSA) is 66.7 Å². The lowest BCUT2D eigenvalue weighted by Crippen LogP contribution is -2.34. The van der Waals surface area contributed by atoms with Gasteiger partial charge in [-0.15, -0.1) is 22.7 Å². The van der Waals surface area contributed by atoms with E-state index in [1.807, 2.05) is 53.2 Å². The van der Waals surface area contributed by atoms with Crippen LogP contribution < -0.4 is 5.32 Å². The van der Waals surface area contributed by atoms with E-state index in [1.165, 1.54) is 16.2 Å². The van der Waals surface area contributed by atoms with Crippen LogP contribution in [0.1, 0.15) is 22.2 Å². The summed E-state index contributed by atoms with van der Waals surface area (Å²) in [5, 5.41) is 4.86. The summed E-state index contributed by atoms with van der Waals surface area (Å²) in [4.78, 5) is 33.4. The smallest absolute Gasteiger partial charge is 0.264 e. The summed E-state index contributed by atoms with van der Waals surface area (Å²) in [5.74, 6) is -0.393. The Bertz CT molecular complexity index is 1140. The second kappa shape index (κ2) is 7.13. The van der Waals surface area contributed by atoms with Crippen molar-refractivity contribution in [1.29, 1.82) is 0 Å². The van der Waals surface area contributed by atoms with Crippen molar-refractivity contribution >= 4 is 55.5 Å². The number of benzene rings is 1. The molecule has 0 radical (unpaired) electrons. The fourth-order valence-electron chi connectivity index (χ4n) is 2.97. The number of likely N-dealkylation sites (N-methyl/N-ethyl adjacent to an activating group) is 1. The first kappa shape index (κ1) is 17.7. The molecule has 2 amide bonds. The highest BCUT2D eigenvalue weighted by molar-refractivity contribution is 7.21. The minimum absolute atomic E-state index is 0.00651. The van der Waals surface area contributed by atoms with Crippen molar-refractivity contribution in [2.45, 2.75) is 13.3 Å². The highest BCUT2D eigenvalue weighted by atomic mass is 32.1. The number of nitrogens with zero attached hydrogens (tertiary/aromatic N) is 3. The minimum Gasteiger partial charge on any atom is -0.332 e. The van der Waals surface area contributed by atoms with Crippen LogP contribution in [-0.2, 0) is 11.2 Å². The van der Waals surface area contributed by atoms with E-state index in [0.717, 1.165) is 33.0 Å². The Morgan fingerprint density at radius 2 is 2.11 bits per heavy atom. The number of aromatic nitrogens is 2. The molecule has 4 aromatic rings. The van der Waals surface area contributed by atoms with Crippen LogP contribution in [0, 0.1) is 0 Å². The highest BCUT2D eigenvalue weighted by Crippen LogP contribution is 2.28. The quantitative estimate of drug-likeness (QED) is 0.555. The van der Waals surface area contributed by atoms with Crippen LogP contribution in [0.5, 0.6) is 0 Å². The predicted octanol–water partition coefficient (Wildman–Crippen LogP) is 3.88. The minimum atomic E-state index is -0.213. The number of thiazole rings is 1. The monoisotopic (exact) mass is 398 g/mol. The Labute approximate surface area is 164 Å². The van der Waals surface area contributed by atoms with Gasteiger partial charge >= 0.3 is 0 Å². The Kier molecular flexibility index (Phi) is 4.67. The fourth-order valence-corrected chi connectivity index (χ4v) is 4.76. The van der Waals surface area contributed by atoms with Gasteiger partial charge in [0.25, 0.3) is 5.91 Å². The molecule has 0 bridgehead atoms. The van der Waals surface area contributed by atoms with Gasteiger partial charge < -0.3 is 10.2 Å². The third-order valence-electron chi connectivity index (χ3n) is 4.35. The molecule has 0 saturated carbocycles. The van der Waals surface area contributed by atoms with Crippen molar-refractivity contribution in [3.8, 4) is 0 Å². The average Bonchev–Trinajstić information content (AvgIpc) is 3.33. The van der Waals surface area contributed by atoms with Gasteiger partial charge in [0.15, 0.2) is 4.96 Å². The second-order valence-corrected chi connectivity index (χ2v) is 8.09. The Hall–Kier alpha value is -2.71. The van der Waals surface area contributed by atoms with Crippen LogP contribution in [0.15, 0.2) is 41.9 Å². The van der Waals surface area contributed by atoms with Gasteiger partial charge in [-0.2, -0.15) is 0 Å². The zero-order chi connectivity index (χ0) is 19.0. The average molecular weight is 399 g/mol. The molecule has 6 nitrogen and oxygen atoms in total. The van der Waals surface area contributed by atoms with Crippen molar-refractivity contribution < 1.29 is 9.59 Å². The summed E-state index contributed by atoms with van der Waals surface area (Å²) >= 11 is 2.91. The van der Waals surface area contributed by atoms with Crippen molar-refractivity contribution in [2.75, 3.05) is 18.9 Å². The van der Waals surface area contributed by atoms with Crippen LogP contribution in [0.2, 0.25) is 0 Å². The first-order valence-electron chi connectivity index (χ1n) is 8.55. The highest BCUT2D eigenvalue weighted by Gasteiger charge is 2.20. The molecule has 1 aromatic carbocycles. The number of carbonyl (C=O) groups is 2. The number of rotatable bonds is 5. The van der Waals surface area contributed by atoms with Gasteiger partial charge in [-0.3, -0.25) is 14.0 Å². The lowest BCUT2D eigenvalue weighted by molar-refractivity contribution is -0.116. The summed E-state index contributed by atoms with van der Waals surface area (Å²) in [7, 11) is 1.64. The zero-order valence-electron chi connectivity index (χ0n) is 14.9. The SMILES string of the molecule is CCc1ccccc1NC(=O)CN(C)C(=O)c1cc2c(nc3sccn32)s1. The number of nitrogens with one attached hydrogen (secondary N) is 1. The summed E-state index contributed by atoms with van der Waals surface area (Å²) in [5.41, 5.74) is 2.79. The van der Waals surface area contributed by atoms with Gasteiger partial charge in [-0.1, -0.05) is 25.1 Å². The summed E-state index contributed by atoms with van der Waals surface area (Å²) in [6, 6.07) is 9.53. The molecular weight excluding hydrogens is 380 g/mol.